The van der Waals surface area contributed by atoms with Gasteiger partial charge in [0.15, 0.2) is 17.1 Å². The number of rotatable bonds is 4. The molecule has 0 saturated carbocycles. The zero-order valence-corrected chi connectivity index (χ0v) is 14.4. The first-order valence-electron chi connectivity index (χ1n) is 7.51. The van der Waals surface area contributed by atoms with E-state index in [-0.39, 0.29) is 0 Å². The predicted octanol–water partition coefficient (Wildman–Crippen LogP) is 1.39. The molecule has 0 bridgehead atoms. The molecule has 3 rings (SSSR count). The number of nitrogens with zero attached hydrogens (tertiary/aromatic N) is 3. The first-order chi connectivity index (χ1) is 12.0. The maximum Gasteiger partial charge on any atom is 0.332 e. The van der Waals surface area contributed by atoms with Crippen LogP contribution in [0, 0.1) is 0 Å². The van der Waals surface area contributed by atoms with Gasteiger partial charge < -0.3 is 14.8 Å². The van der Waals surface area contributed by atoms with Gasteiger partial charge in [0.1, 0.15) is 5.39 Å². The number of aryl methyl sites for hydroxylation is 1. The topological polar surface area (TPSA) is 87.4 Å². The van der Waals surface area contributed by atoms with Gasteiger partial charge in [-0.05, 0) is 18.2 Å². The Morgan fingerprint density at radius 2 is 1.72 bits per heavy atom. The lowest BCUT2D eigenvalue weighted by atomic mass is 10.2. The molecule has 0 fully saturated rings. The van der Waals surface area contributed by atoms with Crippen molar-refractivity contribution in [3.05, 3.63) is 51.3 Å². The summed E-state index contributed by atoms with van der Waals surface area (Å²) in [6.07, 6.45) is 1.55. The zero-order valence-electron chi connectivity index (χ0n) is 14.4. The number of aromatic nitrogens is 3. The number of benzene rings is 1. The predicted molar refractivity (Wildman–Crippen MR) is 95.1 cm³/mol. The van der Waals surface area contributed by atoms with Gasteiger partial charge in [-0.25, -0.2) is 9.78 Å². The number of fused-ring (bicyclic) bond motifs is 1. The van der Waals surface area contributed by atoms with Crippen LogP contribution in [-0.2, 0) is 14.1 Å². The molecule has 25 heavy (non-hydrogen) atoms. The van der Waals surface area contributed by atoms with E-state index < -0.39 is 11.2 Å². The van der Waals surface area contributed by atoms with Gasteiger partial charge in [0.05, 0.1) is 19.9 Å². The number of hydrogen-bond donors (Lipinski definition) is 1. The molecule has 0 aliphatic heterocycles. The molecule has 0 aliphatic rings. The van der Waals surface area contributed by atoms with Gasteiger partial charge in [0.25, 0.3) is 5.56 Å². The van der Waals surface area contributed by atoms with Crippen molar-refractivity contribution >= 4 is 22.4 Å². The summed E-state index contributed by atoms with van der Waals surface area (Å²) in [7, 11) is 6.13. The molecule has 0 atom stereocenters. The normalized spacial score (nSPS) is 10.7. The molecule has 0 saturated heterocycles. The molecule has 0 amide bonds. The Hall–Kier alpha value is -3.29. The molecule has 8 nitrogen and oxygen atoms in total. The van der Waals surface area contributed by atoms with E-state index in [4.69, 9.17) is 9.47 Å². The Kier molecular flexibility index (Phi) is 4.18. The first-order valence-corrected chi connectivity index (χ1v) is 7.51. The van der Waals surface area contributed by atoms with Crippen LogP contribution < -0.4 is 26.0 Å². The lowest BCUT2D eigenvalue weighted by molar-refractivity contribution is 0.355. The third kappa shape index (κ3) is 2.71. The highest BCUT2D eigenvalue weighted by atomic mass is 16.5. The van der Waals surface area contributed by atoms with Crippen molar-refractivity contribution in [3.63, 3.8) is 0 Å². The first kappa shape index (κ1) is 16.6. The van der Waals surface area contributed by atoms with E-state index in [1.54, 1.807) is 51.7 Å². The van der Waals surface area contributed by atoms with Crippen molar-refractivity contribution in [1.82, 2.24) is 14.1 Å². The Bertz CT molecular complexity index is 1070. The highest BCUT2D eigenvalue weighted by Gasteiger charge is 2.14. The van der Waals surface area contributed by atoms with Gasteiger partial charge in [-0.1, -0.05) is 0 Å². The fourth-order valence-electron chi connectivity index (χ4n) is 2.66. The number of hydrogen-bond acceptors (Lipinski definition) is 6. The summed E-state index contributed by atoms with van der Waals surface area (Å²) in [6, 6.07) is 7.01. The summed E-state index contributed by atoms with van der Waals surface area (Å²) in [5.74, 6) is 1.16. The second kappa shape index (κ2) is 6.31. The van der Waals surface area contributed by atoms with Crippen LogP contribution in [0.3, 0.4) is 0 Å². The zero-order chi connectivity index (χ0) is 18.1. The number of anilines is 2. The maximum absolute atomic E-state index is 12.6. The van der Waals surface area contributed by atoms with Crippen LogP contribution >= 0.6 is 0 Å². The average Bonchev–Trinajstić information content (AvgIpc) is 2.64. The third-order valence-corrected chi connectivity index (χ3v) is 4.00. The molecule has 1 aromatic carbocycles. The number of methoxy groups -OCH3 is 2. The van der Waals surface area contributed by atoms with E-state index in [1.165, 1.54) is 11.6 Å². The highest BCUT2D eigenvalue weighted by molar-refractivity contribution is 5.90. The molecule has 1 N–H and O–H groups in total. The van der Waals surface area contributed by atoms with Gasteiger partial charge in [0.2, 0.25) is 0 Å². The minimum absolute atomic E-state index is 0.318. The van der Waals surface area contributed by atoms with E-state index in [0.717, 1.165) is 4.57 Å². The van der Waals surface area contributed by atoms with Gasteiger partial charge >= 0.3 is 5.69 Å². The minimum atomic E-state index is -0.423. The fourth-order valence-corrected chi connectivity index (χ4v) is 2.66. The molecule has 2 aromatic heterocycles. The van der Waals surface area contributed by atoms with Crippen molar-refractivity contribution < 1.29 is 9.47 Å². The number of pyridine rings is 1. The van der Waals surface area contributed by atoms with E-state index in [0.29, 0.717) is 33.9 Å². The van der Waals surface area contributed by atoms with E-state index >= 15 is 0 Å². The summed E-state index contributed by atoms with van der Waals surface area (Å²) in [6.45, 7) is 0. The van der Waals surface area contributed by atoms with E-state index in [2.05, 4.69) is 10.3 Å². The van der Waals surface area contributed by atoms with Crippen LogP contribution in [0.1, 0.15) is 0 Å². The van der Waals surface area contributed by atoms with E-state index in [1.807, 2.05) is 0 Å². The standard InChI is InChI=1S/C17H18N4O4/c1-20-15-14(16(22)21(2)17(20)23)11(7-8-18-15)19-10-5-6-12(24-3)13(9-10)25-4/h5-9H,1-4H3,(H,18,19). The van der Waals surface area contributed by atoms with Gasteiger partial charge in [-0.2, -0.15) is 0 Å². The van der Waals surface area contributed by atoms with Crippen LogP contribution in [0.4, 0.5) is 11.4 Å². The molecule has 8 heteroatoms. The van der Waals surface area contributed by atoms with E-state index in [9.17, 15) is 9.59 Å². The van der Waals surface area contributed by atoms with Crippen molar-refractivity contribution in [2.45, 2.75) is 0 Å². The van der Waals surface area contributed by atoms with Gasteiger partial charge in [-0.15, -0.1) is 0 Å². The lowest BCUT2D eigenvalue weighted by Crippen LogP contribution is -2.37. The van der Waals surface area contributed by atoms with Crippen molar-refractivity contribution in [3.8, 4) is 11.5 Å². The summed E-state index contributed by atoms with van der Waals surface area (Å²) in [4.78, 5) is 28.8. The molecule has 0 unspecified atom stereocenters. The molecule has 2 heterocycles. The third-order valence-electron chi connectivity index (χ3n) is 4.00. The highest BCUT2D eigenvalue weighted by Crippen LogP contribution is 2.31. The molecular weight excluding hydrogens is 324 g/mol. The molecule has 3 aromatic rings. The summed E-state index contributed by atoms with van der Waals surface area (Å²) >= 11 is 0. The molecular formula is C17H18N4O4. The molecule has 0 aliphatic carbocycles. The Morgan fingerprint density at radius 1 is 1.00 bits per heavy atom. The lowest BCUT2D eigenvalue weighted by Gasteiger charge is -2.13. The Balaban J connectivity index is 2.18. The maximum atomic E-state index is 12.6. The van der Waals surface area contributed by atoms with Crippen LogP contribution in [-0.4, -0.2) is 28.3 Å². The van der Waals surface area contributed by atoms with Crippen molar-refractivity contribution in [2.24, 2.45) is 14.1 Å². The van der Waals surface area contributed by atoms with Crippen LogP contribution in [0.5, 0.6) is 11.5 Å². The second-order valence-corrected chi connectivity index (χ2v) is 5.46. The molecule has 0 spiro atoms. The SMILES string of the molecule is COc1ccc(Nc2ccnc3c2c(=O)n(C)c(=O)n3C)cc1OC. The summed E-state index contributed by atoms with van der Waals surface area (Å²) < 4.78 is 12.9. The largest absolute Gasteiger partial charge is 0.493 e. The van der Waals surface area contributed by atoms with Crippen molar-refractivity contribution in [2.75, 3.05) is 19.5 Å². The average molecular weight is 342 g/mol. The monoisotopic (exact) mass is 342 g/mol. The molecule has 0 radical (unpaired) electrons. The Morgan fingerprint density at radius 3 is 2.40 bits per heavy atom. The fraction of sp³-hybridized carbons (Fsp3) is 0.235. The summed E-state index contributed by atoms with van der Waals surface area (Å²) in [5.41, 5.74) is 0.746. The van der Waals surface area contributed by atoms with Crippen LogP contribution in [0.2, 0.25) is 0 Å². The van der Waals surface area contributed by atoms with Gasteiger partial charge in [0, 0.05) is 32.0 Å². The Labute approximate surface area is 143 Å². The minimum Gasteiger partial charge on any atom is -0.493 e. The van der Waals surface area contributed by atoms with Crippen LogP contribution in [0.15, 0.2) is 40.1 Å². The second-order valence-electron chi connectivity index (χ2n) is 5.46. The summed E-state index contributed by atoms with van der Waals surface area (Å²) in [5, 5.41) is 3.52. The van der Waals surface area contributed by atoms with Crippen molar-refractivity contribution in [1.29, 1.82) is 0 Å². The van der Waals surface area contributed by atoms with Crippen LogP contribution in [0.25, 0.3) is 11.0 Å². The molecule has 130 valence electrons. The smallest absolute Gasteiger partial charge is 0.332 e. The van der Waals surface area contributed by atoms with Gasteiger partial charge in [-0.3, -0.25) is 13.9 Å². The number of nitrogens with one attached hydrogen (secondary N) is 1. The quantitative estimate of drug-likeness (QED) is 0.771. The number of ether oxygens (including phenoxy) is 2.